The molecule has 1 atom stereocenters. The van der Waals surface area contributed by atoms with Crippen LogP contribution in [0.4, 0.5) is 0 Å². The first-order valence-electron chi connectivity index (χ1n) is 8.13. The summed E-state index contributed by atoms with van der Waals surface area (Å²) in [7, 11) is 0. The Hall–Kier alpha value is -1.59. The lowest BCUT2D eigenvalue weighted by molar-refractivity contribution is -0.173. The van der Waals surface area contributed by atoms with Gasteiger partial charge in [0.25, 0.3) is 0 Å². The number of carbonyl (C=O) groups is 3. The zero-order valence-electron chi connectivity index (χ0n) is 15.1. The molecule has 134 valence electrons. The molecule has 0 radical (unpaired) electrons. The van der Waals surface area contributed by atoms with Gasteiger partial charge in [0.2, 0.25) is 6.10 Å². The zero-order valence-corrected chi connectivity index (χ0v) is 15.1. The molecular formula is C17H30O6. The van der Waals surface area contributed by atoms with E-state index in [0.29, 0.717) is 0 Å². The van der Waals surface area contributed by atoms with Gasteiger partial charge in [0, 0.05) is 6.42 Å². The predicted octanol–water partition coefficient (Wildman–Crippen LogP) is 2.73. The third-order valence-corrected chi connectivity index (χ3v) is 2.60. The standard InChI is InChI=1S/C17H30O6/c1-11(2)7-16(19)23-14(17(20)22-10-13(5)6)8-15(18)21-9-12(3)4/h11-14H,7-10H2,1-6H3/t14-/m0/s1. The normalized spacial score (nSPS) is 12.4. The minimum Gasteiger partial charge on any atom is -0.465 e. The second kappa shape index (κ2) is 11.0. The summed E-state index contributed by atoms with van der Waals surface area (Å²) in [6.45, 7) is 11.8. The Bertz CT molecular complexity index is 387. The van der Waals surface area contributed by atoms with Crippen LogP contribution in [0.25, 0.3) is 0 Å². The molecule has 0 aromatic heterocycles. The average molecular weight is 330 g/mol. The van der Waals surface area contributed by atoms with Crippen LogP contribution < -0.4 is 0 Å². The van der Waals surface area contributed by atoms with Crippen molar-refractivity contribution in [1.82, 2.24) is 0 Å². The van der Waals surface area contributed by atoms with Crippen LogP contribution in [0.3, 0.4) is 0 Å². The summed E-state index contributed by atoms with van der Waals surface area (Å²) < 4.78 is 15.2. The molecule has 0 saturated heterocycles. The van der Waals surface area contributed by atoms with Crippen LogP contribution in [0.1, 0.15) is 54.4 Å². The van der Waals surface area contributed by atoms with Gasteiger partial charge in [0.05, 0.1) is 19.6 Å². The summed E-state index contributed by atoms with van der Waals surface area (Å²) >= 11 is 0. The van der Waals surface area contributed by atoms with Gasteiger partial charge in [-0.25, -0.2) is 4.79 Å². The first-order chi connectivity index (χ1) is 10.6. The highest BCUT2D eigenvalue weighted by Crippen LogP contribution is 2.10. The monoisotopic (exact) mass is 330 g/mol. The largest absolute Gasteiger partial charge is 0.465 e. The fourth-order valence-electron chi connectivity index (χ4n) is 1.52. The molecule has 0 aliphatic carbocycles. The topological polar surface area (TPSA) is 78.9 Å². The third kappa shape index (κ3) is 11.6. The molecule has 0 unspecified atom stereocenters. The van der Waals surface area contributed by atoms with E-state index < -0.39 is 24.0 Å². The van der Waals surface area contributed by atoms with Crippen molar-refractivity contribution in [2.45, 2.75) is 60.5 Å². The quantitative estimate of drug-likeness (QED) is 0.453. The SMILES string of the molecule is CC(C)COC(=O)C[C@H](OC(=O)CC(C)C)C(=O)OCC(C)C. The Kier molecular flexibility index (Phi) is 10.3. The fourth-order valence-corrected chi connectivity index (χ4v) is 1.52. The van der Waals surface area contributed by atoms with Crippen molar-refractivity contribution >= 4 is 17.9 Å². The highest BCUT2D eigenvalue weighted by Gasteiger charge is 2.28. The Labute approximate surface area is 138 Å². The van der Waals surface area contributed by atoms with Gasteiger partial charge in [0.1, 0.15) is 0 Å². The van der Waals surface area contributed by atoms with E-state index in [0.717, 1.165) is 0 Å². The number of hydrogen-bond acceptors (Lipinski definition) is 6. The van der Waals surface area contributed by atoms with Gasteiger partial charge >= 0.3 is 17.9 Å². The van der Waals surface area contributed by atoms with E-state index in [1.807, 2.05) is 41.5 Å². The Morgan fingerprint density at radius 1 is 0.696 bits per heavy atom. The van der Waals surface area contributed by atoms with Crippen LogP contribution in [0.2, 0.25) is 0 Å². The number of hydrogen-bond donors (Lipinski definition) is 0. The highest BCUT2D eigenvalue weighted by molar-refractivity contribution is 5.84. The predicted molar refractivity (Wildman–Crippen MR) is 85.5 cm³/mol. The molecule has 0 rings (SSSR count). The van der Waals surface area contributed by atoms with Gasteiger partial charge in [-0.15, -0.1) is 0 Å². The number of carbonyl (C=O) groups excluding carboxylic acids is 3. The maximum Gasteiger partial charge on any atom is 0.348 e. The molecule has 0 aliphatic heterocycles. The molecule has 0 aromatic carbocycles. The minimum absolute atomic E-state index is 0.0997. The fraction of sp³-hybridized carbons (Fsp3) is 0.824. The van der Waals surface area contributed by atoms with E-state index in [2.05, 4.69) is 0 Å². The summed E-state index contributed by atoms with van der Waals surface area (Å²) in [5, 5.41) is 0. The summed E-state index contributed by atoms with van der Waals surface area (Å²) in [6, 6.07) is 0. The van der Waals surface area contributed by atoms with Gasteiger partial charge < -0.3 is 14.2 Å². The van der Waals surface area contributed by atoms with Gasteiger partial charge in [-0.3, -0.25) is 9.59 Å². The molecule has 0 bridgehead atoms. The molecule has 6 nitrogen and oxygen atoms in total. The van der Waals surface area contributed by atoms with Gasteiger partial charge in [-0.1, -0.05) is 41.5 Å². The molecular weight excluding hydrogens is 300 g/mol. The summed E-state index contributed by atoms with van der Waals surface area (Å²) in [6.07, 6.45) is -1.40. The molecule has 0 spiro atoms. The third-order valence-electron chi connectivity index (χ3n) is 2.60. The van der Waals surface area contributed by atoms with Crippen molar-refractivity contribution in [2.75, 3.05) is 13.2 Å². The lowest BCUT2D eigenvalue weighted by Gasteiger charge is -2.18. The average Bonchev–Trinajstić information content (AvgIpc) is 2.40. The van der Waals surface area contributed by atoms with E-state index in [9.17, 15) is 14.4 Å². The van der Waals surface area contributed by atoms with Gasteiger partial charge in [-0.2, -0.15) is 0 Å². The highest BCUT2D eigenvalue weighted by atomic mass is 16.6. The molecule has 0 saturated carbocycles. The van der Waals surface area contributed by atoms with E-state index >= 15 is 0 Å². The van der Waals surface area contributed by atoms with Crippen molar-refractivity contribution in [3.63, 3.8) is 0 Å². The second-order valence-electron chi connectivity index (χ2n) is 6.88. The Morgan fingerprint density at radius 2 is 1.22 bits per heavy atom. The van der Waals surface area contributed by atoms with E-state index in [1.165, 1.54) is 0 Å². The van der Waals surface area contributed by atoms with Crippen LogP contribution in [0, 0.1) is 17.8 Å². The first kappa shape index (κ1) is 21.4. The van der Waals surface area contributed by atoms with Crippen molar-refractivity contribution in [3.8, 4) is 0 Å². The van der Waals surface area contributed by atoms with Crippen LogP contribution >= 0.6 is 0 Å². The molecule has 0 amide bonds. The van der Waals surface area contributed by atoms with Crippen LogP contribution in [-0.2, 0) is 28.6 Å². The smallest absolute Gasteiger partial charge is 0.348 e. The van der Waals surface area contributed by atoms with E-state index in [4.69, 9.17) is 14.2 Å². The molecule has 23 heavy (non-hydrogen) atoms. The number of rotatable bonds is 10. The van der Waals surface area contributed by atoms with Crippen LogP contribution in [-0.4, -0.2) is 37.2 Å². The van der Waals surface area contributed by atoms with Gasteiger partial charge in [-0.05, 0) is 17.8 Å². The van der Waals surface area contributed by atoms with Crippen LogP contribution in [0.15, 0.2) is 0 Å². The Balaban J connectivity index is 4.68. The maximum absolute atomic E-state index is 12.0. The molecule has 0 N–H and O–H groups in total. The van der Waals surface area contributed by atoms with Gasteiger partial charge in [0.15, 0.2) is 0 Å². The minimum atomic E-state index is -1.25. The van der Waals surface area contributed by atoms with Crippen LogP contribution in [0.5, 0.6) is 0 Å². The summed E-state index contributed by atoms with van der Waals surface area (Å²) in [4.78, 5) is 35.6. The first-order valence-corrected chi connectivity index (χ1v) is 8.13. The Morgan fingerprint density at radius 3 is 1.70 bits per heavy atom. The van der Waals surface area contributed by atoms with E-state index in [-0.39, 0.29) is 43.8 Å². The lowest BCUT2D eigenvalue weighted by Crippen LogP contribution is -2.33. The number of ether oxygens (including phenoxy) is 3. The number of esters is 3. The zero-order chi connectivity index (χ0) is 18.0. The molecule has 6 heteroatoms. The van der Waals surface area contributed by atoms with Crippen molar-refractivity contribution in [1.29, 1.82) is 0 Å². The maximum atomic E-state index is 12.0. The summed E-state index contributed by atoms with van der Waals surface area (Å²) in [5.74, 6) is -1.38. The van der Waals surface area contributed by atoms with Crippen molar-refractivity contribution in [2.24, 2.45) is 17.8 Å². The lowest BCUT2D eigenvalue weighted by atomic mass is 10.1. The molecule has 0 fully saturated rings. The molecule has 0 aliphatic rings. The van der Waals surface area contributed by atoms with Crippen molar-refractivity contribution < 1.29 is 28.6 Å². The molecule has 0 heterocycles. The van der Waals surface area contributed by atoms with Crippen molar-refractivity contribution in [3.05, 3.63) is 0 Å². The summed E-state index contributed by atoms with van der Waals surface area (Å²) in [5.41, 5.74) is 0. The van der Waals surface area contributed by atoms with E-state index in [1.54, 1.807) is 0 Å². The molecule has 0 aromatic rings. The second-order valence-corrected chi connectivity index (χ2v) is 6.88.